The van der Waals surface area contributed by atoms with Gasteiger partial charge in [0, 0.05) is 28.0 Å². The van der Waals surface area contributed by atoms with E-state index in [1.807, 2.05) is 43.3 Å². The van der Waals surface area contributed by atoms with E-state index in [-0.39, 0.29) is 0 Å². The Hall–Kier alpha value is -4.01. The quantitative estimate of drug-likeness (QED) is 0.257. The average molecular weight is 488 g/mol. The van der Waals surface area contributed by atoms with E-state index in [0.29, 0.717) is 5.44 Å². The first-order chi connectivity index (χ1) is 17.4. The second-order valence-corrected chi connectivity index (χ2v) is 12.1. The van der Waals surface area contributed by atoms with E-state index in [1.165, 1.54) is 16.3 Å². The second-order valence-electron chi connectivity index (χ2n) is 9.32. The van der Waals surface area contributed by atoms with Gasteiger partial charge >= 0.3 is 0 Å². The summed E-state index contributed by atoms with van der Waals surface area (Å²) in [4.78, 5) is 9.30. The van der Waals surface area contributed by atoms with Crippen LogP contribution in [0.2, 0.25) is 0 Å². The molecule has 0 fully saturated rings. The number of pyridine rings is 2. The van der Waals surface area contributed by atoms with Gasteiger partial charge < -0.3 is 4.57 Å². The van der Waals surface area contributed by atoms with Crippen LogP contribution in [0.4, 0.5) is 0 Å². The Balaban J connectivity index is 1.55. The third-order valence-electron chi connectivity index (χ3n) is 7.00. The number of rotatable bonds is 4. The molecule has 0 amide bonds. The minimum absolute atomic E-state index is 0.624. The Labute approximate surface area is 210 Å². The zero-order chi connectivity index (χ0) is 24.9. The van der Waals surface area contributed by atoms with Crippen molar-refractivity contribution < 1.29 is 4.57 Å². The molecular weight excluding hydrogens is 461 g/mol. The minimum atomic E-state index is -2.81. The van der Waals surface area contributed by atoms with E-state index >= 15 is 0 Å². The molecule has 6 aromatic rings. The highest BCUT2D eigenvalue weighted by molar-refractivity contribution is 7.77. The average Bonchev–Trinajstić information content (AvgIpc) is 3.24. The normalized spacial score (nSPS) is 13.2. The van der Waals surface area contributed by atoms with Gasteiger partial charge in [-0.05, 0) is 73.6 Å². The van der Waals surface area contributed by atoms with Crippen molar-refractivity contribution in [1.29, 1.82) is 0 Å². The maximum absolute atomic E-state index is 13.8. The molecule has 0 bridgehead atoms. The van der Waals surface area contributed by atoms with Crippen LogP contribution in [-0.4, -0.2) is 21.2 Å². The van der Waals surface area contributed by atoms with Crippen LogP contribution in [-0.2, 0) is 4.57 Å². The van der Waals surface area contributed by atoms with E-state index in [0.717, 1.165) is 39.0 Å². The molecule has 0 spiro atoms. The van der Waals surface area contributed by atoms with Gasteiger partial charge in [-0.25, -0.2) is 4.98 Å². The smallest absolute Gasteiger partial charge is 0.157 e. The number of nitrogens with zero attached hydrogens (tertiary/aromatic N) is 3. The molecule has 0 N–H and O–H groups in total. The lowest BCUT2D eigenvalue weighted by atomic mass is 10.0. The lowest BCUT2D eigenvalue weighted by Gasteiger charge is -2.14. The van der Waals surface area contributed by atoms with Gasteiger partial charge in [0.15, 0.2) is 7.14 Å². The summed E-state index contributed by atoms with van der Waals surface area (Å²) in [5.74, 6) is 0.906. The fraction of sp³-hybridized carbons (Fsp3) is 0.0968. The summed E-state index contributed by atoms with van der Waals surface area (Å²) in [6.45, 7) is 5.93. The molecule has 1 atom stereocenters. The highest BCUT2D eigenvalue weighted by Crippen LogP contribution is 2.39. The minimum Gasteiger partial charge on any atom is -0.312 e. The lowest BCUT2D eigenvalue weighted by molar-refractivity contribution is 0.590. The van der Waals surface area contributed by atoms with Crippen molar-refractivity contribution in [1.82, 2.24) is 14.5 Å². The lowest BCUT2D eigenvalue weighted by Crippen LogP contribution is -2.17. The number of fused-ring (bicyclic) bond motifs is 3. The molecule has 4 nitrogen and oxygen atoms in total. The van der Waals surface area contributed by atoms with Crippen molar-refractivity contribution in [2.45, 2.75) is 13.8 Å². The Morgan fingerprint density at radius 3 is 2.31 bits per heavy atom. The zero-order valence-corrected chi connectivity index (χ0v) is 21.4. The summed E-state index contributed by atoms with van der Waals surface area (Å²) in [7, 11) is -2.81. The topological polar surface area (TPSA) is 47.8 Å². The van der Waals surface area contributed by atoms with Gasteiger partial charge in [-0.1, -0.05) is 60.7 Å². The summed E-state index contributed by atoms with van der Waals surface area (Å²) in [6.07, 6.45) is 1.70. The first-order valence-corrected chi connectivity index (χ1v) is 14.2. The second kappa shape index (κ2) is 8.58. The molecule has 3 aromatic heterocycles. The predicted octanol–water partition coefficient (Wildman–Crippen LogP) is 6.80. The SMILES string of the molecule is Cc1ccc(-n2c3ccccc3c3ccc(-c4cccc(P(C)(=O)c5ccccn5)c4)cc32)nc1C. The Kier molecular flexibility index (Phi) is 5.35. The van der Waals surface area contributed by atoms with Crippen LogP contribution in [0, 0.1) is 13.8 Å². The van der Waals surface area contributed by atoms with Crippen LogP contribution in [0.3, 0.4) is 0 Å². The van der Waals surface area contributed by atoms with Crippen molar-refractivity contribution in [2.24, 2.45) is 0 Å². The fourth-order valence-electron chi connectivity index (χ4n) is 4.83. The van der Waals surface area contributed by atoms with Gasteiger partial charge in [0.1, 0.15) is 11.3 Å². The van der Waals surface area contributed by atoms with E-state index in [4.69, 9.17) is 4.98 Å². The maximum atomic E-state index is 13.8. The molecule has 1 unspecified atom stereocenters. The van der Waals surface area contributed by atoms with E-state index in [2.05, 4.69) is 77.1 Å². The molecule has 0 saturated carbocycles. The number of aryl methyl sites for hydroxylation is 2. The first kappa shape index (κ1) is 22.5. The highest BCUT2D eigenvalue weighted by Gasteiger charge is 2.23. The van der Waals surface area contributed by atoms with Crippen molar-refractivity contribution in [3.8, 4) is 16.9 Å². The summed E-state index contributed by atoms with van der Waals surface area (Å²) < 4.78 is 16.0. The third-order valence-corrected chi connectivity index (χ3v) is 9.40. The Bertz CT molecular complexity index is 1800. The number of hydrogen-bond donors (Lipinski definition) is 0. The number of hydrogen-bond acceptors (Lipinski definition) is 3. The van der Waals surface area contributed by atoms with Gasteiger partial charge in [-0.3, -0.25) is 9.55 Å². The van der Waals surface area contributed by atoms with Crippen molar-refractivity contribution in [3.05, 3.63) is 115 Å². The number of benzene rings is 3. The van der Waals surface area contributed by atoms with Crippen molar-refractivity contribution in [2.75, 3.05) is 6.66 Å². The molecule has 3 aromatic carbocycles. The van der Waals surface area contributed by atoms with Crippen LogP contribution >= 0.6 is 7.14 Å². The Morgan fingerprint density at radius 1 is 0.722 bits per heavy atom. The largest absolute Gasteiger partial charge is 0.312 e. The molecule has 6 rings (SSSR count). The summed E-state index contributed by atoms with van der Waals surface area (Å²) in [6, 6.07) is 32.8. The van der Waals surface area contributed by atoms with Gasteiger partial charge in [-0.15, -0.1) is 0 Å². The molecular formula is C31H26N3OP. The molecule has 176 valence electrons. The zero-order valence-electron chi connectivity index (χ0n) is 20.5. The number of aromatic nitrogens is 3. The van der Waals surface area contributed by atoms with Gasteiger partial charge in [0.2, 0.25) is 0 Å². The maximum Gasteiger partial charge on any atom is 0.157 e. The summed E-state index contributed by atoms with van der Waals surface area (Å²) in [5.41, 5.74) is 7.14. The Morgan fingerprint density at radius 2 is 1.50 bits per heavy atom. The molecule has 0 saturated heterocycles. The predicted molar refractivity (Wildman–Crippen MR) is 151 cm³/mol. The molecule has 0 aliphatic rings. The van der Waals surface area contributed by atoms with E-state index < -0.39 is 7.14 Å². The van der Waals surface area contributed by atoms with E-state index in [9.17, 15) is 4.57 Å². The monoisotopic (exact) mass is 487 g/mol. The van der Waals surface area contributed by atoms with Crippen LogP contribution in [0.5, 0.6) is 0 Å². The van der Waals surface area contributed by atoms with Crippen molar-refractivity contribution >= 4 is 39.7 Å². The summed E-state index contributed by atoms with van der Waals surface area (Å²) in [5, 5.41) is 3.18. The standard InChI is InChI=1S/C31H26N3OP/c1-21-14-17-30(33-22(21)2)34-28-12-5-4-11-26(28)27-16-15-24(20-29(27)34)23-9-8-10-25(19-23)36(3,35)31-13-6-7-18-32-31/h4-20H,1-3H3. The first-order valence-electron chi connectivity index (χ1n) is 12.0. The molecule has 3 heterocycles. The number of para-hydroxylation sites is 1. The van der Waals surface area contributed by atoms with Gasteiger partial charge in [0.05, 0.1) is 11.0 Å². The third kappa shape index (κ3) is 3.66. The summed E-state index contributed by atoms with van der Waals surface area (Å²) >= 11 is 0. The van der Waals surface area contributed by atoms with Crippen LogP contribution in [0.1, 0.15) is 11.3 Å². The van der Waals surface area contributed by atoms with Crippen LogP contribution in [0.15, 0.2) is 103 Å². The van der Waals surface area contributed by atoms with Crippen LogP contribution in [0.25, 0.3) is 38.8 Å². The molecule has 0 aliphatic carbocycles. The molecule has 0 radical (unpaired) electrons. The molecule has 36 heavy (non-hydrogen) atoms. The van der Waals surface area contributed by atoms with Gasteiger partial charge in [0.25, 0.3) is 0 Å². The molecule has 0 aliphatic heterocycles. The van der Waals surface area contributed by atoms with Crippen LogP contribution < -0.4 is 10.7 Å². The van der Waals surface area contributed by atoms with E-state index in [1.54, 1.807) is 12.9 Å². The van der Waals surface area contributed by atoms with Gasteiger partial charge in [-0.2, -0.15) is 0 Å². The highest BCUT2D eigenvalue weighted by atomic mass is 31.2. The molecule has 5 heteroatoms. The fourth-order valence-corrected chi connectivity index (χ4v) is 6.51. The van der Waals surface area contributed by atoms with Crippen molar-refractivity contribution in [3.63, 3.8) is 0 Å².